The summed E-state index contributed by atoms with van der Waals surface area (Å²) in [5.74, 6) is -6.72. The van der Waals surface area contributed by atoms with E-state index >= 15 is 0 Å². The fraction of sp³-hybridized carbons (Fsp3) is 0.385. The highest BCUT2D eigenvalue weighted by atomic mass is 16.4. The number of aliphatic hydroxyl groups excluding tert-OH is 8. The molecule has 0 amide bonds. The average molecular weight is 333 g/mol. The van der Waals surface area contributed by atoms with Crippen LogP contribution in [0.2, 0.25) is 0 Å². The Bertz CT molecular complexity index is 631. The summed E-state index contributed by atoms with van der Waals surface area (Å²) in [6, 6.07) is -1.08. The molecular formula is C13H16O10. The molecule has 128 valence electrons. The first kappa shape index (κ1) is 17.1. The second kappa shape index (κ2) is 7.35. The molecule has 0 bridgehead atoms. The summed E-state index contributed by atoms with van der Waals surface area (Å²) in [5.41, 5.74) is -0.807. The quantitative estimate of drug-likeness (QED) is 0.143. The monoisotopic (exact) mass is 333 g/mol. The van der Waals surface area contributed by atoms with Crippen molar-refractivity contribution in [2.45, 2.75) is 24.4 Å². The number of aliphatic hydroxyl groups is 8. The number of carbonyl (C=O) groups excluding carboxylic acids is 2. The van der Waals surface area contributed by atoms with Crippen molar-refractivity contribution in [3.63, 3.8) is 0 Å². The lowest BCUT2D eigenvalue weighted by molar-refractivity contribution is -0.133. The normalized spacial score (nSPS) is 22.8. The molecule has 1 aliphatic carbocycles. The predicted molar refractivity (Wildman–Crippen MR) is 72.2 cm³/mol. The molecule has 0 heterocycles. The molecule has 0 fully saturated rings. The smallest absolute Gasteiger partial charge is 0.267 e. The molecule has 4 atom stereocenters. The van der Waals surface area contributed by atoms with Gasteiger partial charge in [-0.3, -0.25) is 9.59 Å². The first-order valence-corrected chi connectivity index (χ1v) is 6.20. The highest BCUT2D eigenvalue weighted by Crippen LogP contribution is 2.21. The van der Waals surface area contributed by atoms with Gasteiger partial charge in [0.1, 0.15) is 24.4 Å². The molecule has 0 aromatic carbocycles. The fourth-order valence-corrected chi connectivity index (χ4v) is 1.62. The molecule has 0 spiro atoms. The van der Waals surface area contributed by atoms with Crippen molar-refractivity contribution in [1.82, 2.24) is 0 Å². The van der Waals surface area contributed by atoms with Crippen LogP contribution in [0.1, 0.15) is 1.37 Å². The van der Waals surface area contributed by atoms with Crippen LogP contribution in [0, 0.1) is 0 Å². The molecule has 10 nitrogen and oxygen atoms in total. The van der Waals surface area contributed by atoms with Crippen LogP contribution < -0.4 is 0 Å². The molecule has 1 rings (SSSR count). The lowest BCUT2D eigenvalue weighted by atomic mass is 9.97. The Balaban J connectivity index is 3.21. The van der Waals surface area contributed by atoms with Gasteiger partial charge < -0.3 is 40.9 Å². The van der Waals surface area contributed by atoms with Gasteiger partial charge in [0, 0.05) is 11.6 Å². The Morgan fingerprint density at radius 1 is 1.13 bits per heavy atom. The highest BCUT2D eigenvalue weighted by Gasteiger charge is 2.34. The Hall–Kier alpha value is -2.24. The molecule has 0 unspecified atom stereocenters. The minimum absolute atomic E-state index is 0.496. The minimum atomic E-state index is -2.38. The van der Waals surface area contributed by atoms with Crippen molar-refractivity contribution in [2.24, 2.45) is 0 Å². The maximum Gasteiger partial charge on any atom is 0.267 e. The fourth-order valence-electron chi connectivity index (χ4n) is 1.62. The van der Waals surface area contributed by atoms with Gasteiger partial charge in [-0.2, -0.15) is 0 Å². The Labute approximate surface area is 130 Å². The second-order valence-electron chi connectivity index (χ2n) is 4.64. The van der Waals surface area contributed by atoms with Crippen molar-refractivity contribution in [1.29, 1.82) is 0 Å². The van der Waals surface area contributed by atoms with E-state index in [1.165, 1.54) is 0 Å². The zero-order valence-corrected chi connectivity index (χ0v) is 11.5. The molecule has 0 saturated carbocycles. The molecular weight excluding hydrogens is 316 g/mol. The van der Waals surface area contributed by atoms with Crippen molar-refractivity contribution in [3.8, 4) is 0 Å². The summed E-state index contributed by atoms with van der Waals surface area (Å²) in [4.78, 5) is 22.5. The zero-order chi connectivity index (χ0) is 18.8. The zero-order valence-electron chi connectivity index (χ0n) is 12.5. The van der Waals surface area contributed by atoms with E-state index in [0.717, 1.165) is 0 Å². The number of hydrogen-bond donors (Lipinski definition) is 8. The van der Waals surface area contributed by atoms with Crippen molar-refractivity contribution in [3.05, 3.63) is 35.0 Å². The third-order valence-corrected chi connectivity index (χ3v) is 3.00. The maximum atomic E-state index is 11.4. The Morgan fingerprint density at radius 2 is 1.70 bits per heavy atom. The number of rotatable bonds is 6. The summed E-state index contributed by atoms with van der Waals surface area (Å²) in [6.45, 7) is -0.976. The van der Waals surface area contributed by atoms with Crippen LogP contribution in [0.25, 0.3) is 0 Å². The summed E-state index contributed by atoms with van der Waals surface area (Å²) >= 11 is 0. The first-order chi connectivity index (χ1) is 11.0. The highest BCUT2D eigenvalue weighted by molar-refractivity contribution is 6.47. The number of allylic oxidation sites excluding steroid dienone is 3. The van der Waals surface area contributed by atoms with E-state index in [0.29, 0.717) is 6.08 Å². The Kier molecular flexibility index (Phi) is 5.47. The van der Waals surface area contributed by atoms with Gasteiger partial charge >= 0.3 is 0 Å². The van der Waals surface area contributed by atoms with Gasteiger partial charge in [-0.1, -0.05) is 0 Å². The lowest BCUT2D eigenvalue weighted by Crippen LogP contribution is -2.46. The predicted octanol–water partition coefficient (Wildman–Crippen LogP) is -2.73. The third-order valence-electron chi connectivity index (χ3n) is 3.00. The van der Waals surface area contributed by atoms with E-state index in [1.807, 2.05) is 0 Å². The summed E-state index contributed by atoms with van der Waals surface area (Å²) in [5, 5.41) is 75.3. The van der Waals surface area contributed by atoms with Crippen LogP contribution in [0.15, 0.2) is 35.0 Å². The van der Waals surface area contributed by atoms with Gasteiger partial charge in [-0.25, -0.2) is 0 Å². The van der Waals surface area contributed by atoms with Crippen LogP contribution in [-0.2, 0) is 9.59 Å². The van der Waals surface area contributed by atoms with E-state index in [-0.39, 0.29) is 0 Å². The number of ketones is 2. The molecule has 0 aromatic rings. The van der Waals surface area contributed by atoms with Gasteiger partial charge in [-0.15, -0.1) is 0 Å². The lowest BCUT2D eigenvalue weighted by Gasteiger charge is -2.25. The average Bonchev–Trinajstić information content (AvgIpc) is 2.58. The third kappa shape index (κ3) is 3.94. The maximum absolute atomic E-state index is 11.4. The van der Waals surface area contributed by atoms with Crippen molar-refractivity contribution >= 4 is 11.6 Å². The first-order valence-electron chi connectivity index (χ1n) is 6.70. The van der Waals surface area contributed by atoms with E-state index < -0.39 is 71.5 Å². The van der Waals surface area contributed by atoms with Gasteiger partial charge in [-0.05, 0) is 6.08 Å². The SMILES string of the molecule is [2H]C1=C(/C(O)=C(\O)[C@H](O)[C@@H](O)[C@H](O)[C@H](O)CO)C=C(O)C(=O)C1=O. The van der Waals surface area contributed by atoms with Crippen LogP contribution in [-0.4, -0.2) is 83.4 Å². The van der Waals surface area contributed by atoms with Crippen LogP contribution >= 0.6 is 0 Å². The van der Waals surface area contributed by atoms with E-state index in [2.05, 4.69) is 0 Å². The summed E-state index contributed by atoms with van der Waals surface area (Å²) in [7, 11) is 0. The van der Waals surface area contributed by atoms with Crippen LogP contribution in [0.5, 0.6) is 0 Å². The van der Waals surface area contributed by atoms with E-state index in [9.17, 15) is 40.2 Å². The second-order valence-corrected chi connectivity index (χ2v) is 4.64. The summed E-state index contributed by atoms with van der Waals surface area (Å²) < 4.78 is 7.39. The van der Waals surface area contributed by atoms with Crippen LogP contribution in [0.4, 0.5) is 0 Å². The topological polar surface area (TPSA) is 196 Å². The Morgan fingerprint density at radius 3 is 2.22 bits per heavy atom. The van der Waals surface area contributed by atoms with E-state index in [1.54, 1.807) is 0 Å². The van der Waals surface area contributed by atoms with Gasteiger partial charge in [0.2, 0.25) is 5.78 Å². The molecule has 10 heteroatoms. The van der Waals surface area contributed by atoms with E-state index in [4.69, 9.17) is 11.6 Å². The molecule has 0 saturated heterocycles. The molecule has 0 aliphatic heterocycles. The van der Waals surface area contributed by atoms with Crippen LogP contribution in [0.3, 0.4) is 0 Å². The number of carbonyl (C=O) groups is 2. The summed E-state index contributed by atoms with van der Waals surface area (Å²) in [6.07, 6.45) is -8.13. The van der Waals surface area contributed by atoms with Gasteiger partial charge in [0.15, 0.2) is 17.3 Å². The molecule has 0 aromatic heterocycles. The number of Topliss-reactive ketones (excluding diaryl/α,β-unsaturated/α-hetero) is 1. The number of hydrogen-bond acceptors (Lipinski definition) is 10. The van der Waals surface area contributed by atoms with Crippen molar-refractivity contribution in [2.75, 3.05) is 6.61 Å². The largest absolute Gasteiger partial charge is 0.506 e. The molecule has 23 heavy (non-hydrogen) atoms. The molecule has 8 N–H and O–H groups in total. The minimum Gasteiger partial charge on any atom is -0.506 e. The van der Waals surface area contributed by atoms with Gasteiger partial charge in [0.25, 0.3) is 5.78 Å². The van der Waals surface area contributed by atoms with Crippen molar-refractivity contribution < 1.29 is 51.8 Å². The molecule has 1 aliphatic rings. The van der Waals surface area contributed by atoms with Gasteiger partial charge in [0.05, 0.1) is 7.98 Å². The standard InChI is InChI=1S/C13H16O10/c14-3-7(17)10(20)12(22)13(23)11(21)8(18)4-1-5(15)9(19)6(16)2-4/h1-2,7,10,12-15,17-18,20-23H,3H2/b11-8+/t7-,10-,12+,13+/m1/s1/i2D. The molecule has 0 radical (unpaired) electrons.